The summed E-state index contributed by atoms with van der Waals surface area (Å²) in [4.78, 5) is 0. The van der Waals surface area contributed by atoms with Gasteiger partial charge in [0.05, 0.1) is 7.85 Å². The van der Waals surface area contributed by atoms with Crippen molar-refractivity contribution in [1.29, 1.82) is 0 Å². The first kappa shape index (κ1) is 11.1. The van der Waals surface area contributed by atoms with Gasteiger partial charge in [-0.15, -0.1) is 0 Å². The van der Waals surface area contributed by atoms with E-state index in [2.05, 4.69) is 20.8 Å². The zero-order valence-corrected chi connectivity index (χ0v) is 8.27. The molecule has 64 valence electrons. The minimum Gasteiger partial charge on any atom is -0.0749 e. The largest absolute Gasteiger partial charge is 0.0749 e. The summed E-state index contributed by atoms with van der Waals surface area (Å²) in [5.41, 5.74) is 0. The van der Waals surface area contributed by atoms with Crippen molar-refractivity contribution in [1.82, 2.24) is 0 Å². The van der Waals surface area contributed by atoms with E-state index in [0.717, 1.165) is 12.3 Å². The summed E-state index contributed by atoms with van der Waals surface area (Å²) in [6.07, 6.45) is 6.33. The Bertz CT molecular complexity index is 80.9. The molecule has 0 aliphatic rings. The Kier molecular flexibility index (Phi) is 6.80. The predicted octanol–water partition coefficient (Wildman–Crippen LogP) is 3.57. The van der Waals surface area contributed by atoms with E-state index in [-0.39, 0.29) is 0 Å². The maximum Gasteiger partial charge on any atom is 0.0703 e. The lowest BCUT2D eigenvalue weighted by molar-refractivity contribution is 0.418. The molecule has 0 fully saturated rings. The molecule has 2 atom stereocenters. The summed E-state index contributed by atoms with van der Waals surface area (Å²) in [6.45, 7) is 6.67. The Morgan fingerprint density at radius 1 is 1.09 bits per heavy atom. The van der Waals surface area contributed by atoms with Crippen molar-refractivity contribution >= 4 is 7.85 Å². The lowest BCUT2D eigenvalue weighted by Gasteiger charge is -2.21. The van der Waals surface area contributed by atoms with E-state index >= 15 is 0 Å². The molecule has 0 saturated carbocycles. The maximum absolute atomic E-state index is 5.97. The molecule has 0 aromatic rings. The molecule has 0 amide bonds. The van der Waals surface area contributed by atoms with E-state index in [0.29, 0.717) is 5.82 Å². The lowest BCUT2D eigenvalue weighted by atomic mass is 9.72. The van der Waals surface area contributed by atoms with Crippen molar-refractivity contribution in [3.05, 3.63) is 0 Å². The Morgan fingerprint density at radius 2 is 1.73 bits per heavy atom. The summed E-state index contributed by atoms with van der Waals surface area (Å²) in [6, 6.07) is 0. The van der Waals surface area contributed by atoms with Gasteiger partial charge in [-0.1, -0.05) is 58.7 Å². The predicted molar refractivity (Wildman–Crippen MR) is 53.1 cm³/mol. The molecular formula is C10H21B. The van der Waals surface area contributed by atoms with Gasteiger partial charge >= 0.3 is 0 Å². The summed E-state index contributed by atoms with van der Waals surface area (Å²) in [5.74, 6) is 1.20. The summed E-state index contributed by atoms with van der Waals surface area (Å²) < 4.78 is 0. The number of unbranched alkanes of at least 4 members (excludes halogenated alkanes) is 1. The highest BCUT2D eigenvalue weighted by Gasteiger charge is 2.11. The Labute approximate surface area is 73.2 Å². The zero-order valence-electron chi connectivity index (χ0n) is 8.27. The highest BCUT2D eigenvalue weighted by atomic mass is 14.1. The molecule has 2 unspecified atom stereocenters. The topological polar surface area (TPSA) is 0 Å². The molecule has 1 heteroatoms. The van der Waals surface area contributed by atoms with Crippen LogP contribution in [0.3, 0.4) is 0 Å². The van der Waals surface area contributed by atoms with E-state index in [4.69, 9.17) is 7.85 Å². The lowest BCUT2D eigenvalue weighted by Crippen LogP contribution is -2.07. The SMILES string of the molecule is [B]C(CC)C(CC)CCCC. The van der Waals surface area contributed by atoms with Gasteiger partial charge in [0.2, 0.25) is 0 Å². The molecule has 0 nitrogen and oxygen atoms in total. The maximum atomic E-state index is 5.97. The highest BCUT2D eigenvalue weighted by Crippen LogP contribution is 2.26. The van der Waals surface area contributed by atoms with Crippen LogP contribution >= 0.6 is 0 Å². The molecule has 0 aromatic heterocycles. The van der Waals surface area contributed by atoms with Gasteiger partial charge in [0.1, 0.15) is 0 Å². The monoisotopic (exact) mass is 152 g/mol. The van der Waals surface area contributed by atoms with E-state index in [1.165, 1.54) is 25.7 Å². The molecule has 0 bridgehead atoms. The second kappa shape index (κ2) is 6.76. The van der Waals surface area contributed by atoms with Crippen LogP contribution in [0.4, 0.5) is 0 Å². The summed E-state index contributed by atoms with van der Waals surface area (Å²) in [7, 11) is 5.97. The molecule has 0 spiro atoms. The molecule has 0 N–H and O–H groups in total. The van der Waals surface area contributed by atoms with E-state index in [1.807, 2.05) is 0 Å². The third kappa shape index (κ3) is 4.50. The average Bonchev–Trinajstić information content (AvgIpc) is 2.05. The molecule has 0 aliphatic carbocycles. The Morgan fingerprint density at radius 3 is 2.09 bits per heavy atom. The summed E-state index contributed by atoms with van der Waals surface area (Å²) >= 11 is 0. The van der Waals surface area contributed by atoms with Crippen LogP contribution < -0.4 is 0 Å². The standard InChI is InChI=1S/C10H21B/c1-4-7-8-9(5-2)10(11)6-3/h9-10H,4-8H2,1-3H3. The van der Waals surface area contributed by atoms with Gasteiger partial charge in [-0.3, -0.25) is 0 Å². The van der Waals surface area contributed by atoms with Crippen LogP contribution in [0.15, 0.2) is 0 Å². The first-order valence-corrected chi connectivity index (χ1v) is 5.01. The highest BCUT2D eigenvalue weighted by molar-refractivity contribution is 6.11. The molecule has 0 rings (SSSR count). The number of hydrogen-bond acceptors (Lipinski definition) is 0. The third-order valence-corrected chi connectivity index (χ3v) is 2.53. The fourth-order valence-corrected chi connectivity index (χ4v) is 1.52. The quantitative estimate of drug-likeness (QED) is 0.510. The van der Waals surface area contributed by atoms with E-state index in [9.17, 15) is 0 Å². The molecule has 0 saturated heterocycles. The van der Waals surface area contributed by atoms with Crippen LogP contribution in [0.2, 0.25) is 5.82 Å². The van der Waals surface area contributed by atoms with Crippen molar-refractivity contribution in [2.75, 3.05) is 0 Å². The van der Waals surface area contributed by atoms with Gasteiger partial charge < -0.3 is 0 Å². The van der Waals surface area contributed by atoms with Crippen LogP contribution in [0.5, 0.6) is 0 Å². The zero-order chi connectivity index (χ0) is 8.69. The first-order valence-electron chi connectivity index (χ1n) is 5.01. The minimum atomic E-state index is 0.437. The van der Waals surface area contributed by atoms with Crippen molar-refractivity contribution < 1.29 is 0 Å². The first-order chi connectivity index (χ1) is 5.26. The molecule has 11 heavy (non-hydrogen) atoms. The minimum absolute atomic E-state index is 0.437. The molecule has 0 aromatic carbocycles. The Hall–Kier alpha value is 0.0649. The van der Waals surface area contributed by atoms with Crippen LogP contribution in [0.25, 0.3) is 0 Å². The molecular weight excluding hydrogens is 131 g/mol. The van der Waals surface area contributed by atoms with Crippen molar-refractivity contribution in [3.8, 4) is 0 Å². The van der Waals surface area contributed by atoms with E-state index < -0.39 is 0 Å². The van der Waals surface area contributed by atoms with Crippen LogP contribution in [-0.4, -0.2) is 7.85 Å². The van der Waals surface area contributed by atoms with Gasteiger partial charge in [-0.25, -0.2) is 0 Å². The smallest absolute Gasteiger partial charge is 0.0703 e. The molecule has 0 aliphatic heterocycles. The van der Waals surface area contributed by atoms with Gasteiger partial charge in [0.15, 0.2) is 0 Å². The van der Waals surface area contributed by atoms with Gasteiger partial charge in [0.25, 0.3) is 0 Å². The van der Waals surface area contributed by atoms with Crippen molar-refractivity contribution in [2.24, 2.45) is 5.92 Å². The third-order valence-electron chi connectivity index (χ3n) is 2.53. The second-order valence-corrected chi connectivity index (χ2v) is 3.38. The van der Waals surface area contributed by atoms with Crippen molar-refractivity contribution in [3.63, 3.8) is 0 Å². The Balaban J connectivity index is 3.56. The number of hydrogen-bond donors (Lipinski definition) is 0. The summed E-state index contributed by atoms with van der Waals surface area (Å²) in [5, 5.41) is 0. The van der Waals surface area contributed by atoms with Crippen LogP contribution in [-0.2, 0) is 0 Å². The van der Waals surface area contributed by atoms with Gasteiger partial charge in [-0.2, -0.15) is 0 Å². The normalized spacial score (nSPS) is 16.3. The molecule has 2 radical (unpaired) electrons. The van der Waals surface area contributed by atoms with Crippen LogP contribution in [0.1, 0.15) is 52.9 Å². The van der Waals surface area contributed by atoms with Crippen molar-refractivity contribution in [2.45, 2.75) is 58.7 Å². The number of rotatable bonds is 6. The van der Waals surface area contributed by atoms with E-state index in [1.54, 1.807) is 0 Å². The van der Waals surface area contributed by atoms with Gasteiger partial charge in [0, 0.05) is 0 Å². The average molecular weight is 152 g/mol. The fourth-order valence-electron chi connectivity index (χ4n) is 1.52. The fraction of sp³-hybridized carbons (Fsp3) is 1.00. The second-order valence-electron chi connectivity index (χ2n) is 3.38. The molecule has 0 heterocycles. The van der Waals surface area contributed by atoms with Gasteiger partial charge in [-0.05, 0) is 5.92 Å². The van der Waals surface area contributed by atoms with Crippen LogP contribution in [0, 0.1) is 5.92 Å².